The maximum atomic E-state index is 13.4. The van der Waals surface area contributed by atoms with E-state index in [-0.39, 0.29) is 34.5 Å². The van der Waals surface area contributed by atoms with E-state index >= 15 is 0 Å². The monoisotopic (exact) mass is 268 g/mol. The normalized spacial score (nSPS) is 22.4. The number of rotatable bonds is 2. The molecule has 0 amide bonds. The number of halogens is 2. The minimum Gasteiger partial charge on any atom is -0.396 e. The Kier molecular flexibility index (Phi) is 2.60. The SMILES string of the molecule is O=c1c2c(Cl)c(F)ccc2ncn1C1CC1CO. The zero-order chi connectivity index (χ0) is 12.9. The summed E-state index contributed by atoms with van der Waals surface area (Å²) in [6, 6.07) is 2.56. The second-order valence-corrected chi connectivity index (χ2v) is 4.84. The van der Waals surface area contributed by atoms with Crippen LogP contribution in [0.4, 0.5) is 4.39 Å². The van der Waals surface area contributed by atoms with E-state index < -0.39 is 5.82 Å². The van der Waals surface area contributed by atoms with Crippen molar-refractivity contribution in [2.45, 2.75) is 12.5 Å². The summed E-state index contributed by atoms with van der Waals surface area (Å²) in [5.41, 5.74) is 0.0225. The standard InChI is InChI=1S/C12H10ClFN2O2/c13-11-7(14)1-2-8-10(11)12(18)16(5-15-8)9-3-6(9)4-17/h1-2,5-6,9,17H,3-4H2. The molecule has 2 atom stereocenters. The molecule has 1 fully saturated rings. The second kappa shape index (κ2) is 4.03. The first-order chi connectivity index (χ1) is 8.63. The molecule has 1 aromatic heterocycles. The third-order valence-electron chi connectivity index (χ3n) is 3.32. The van der Waals surface area contributed by atoms with E-state index in [1.54, 1.807) is 0 Å². The maximum absolute atomic E-state index is 13.4. The Bertz CT molecular complexity index is 686. The topological polar surface area (TPSA) is 55.1 Å². The molecule has 0 saturated heterocycles. The summed E-state index contributed by atoms with van der Waals surface area (Å²) in [6.45, 7) is 0.0338. The number of hydrogen-bond donors (Lipinski definition) is 1. The molecule has 18 heavy (non-hydrogen) atoms. The molecule has 1 N–H and O–H groups in total. The molecule has 1 heterocycles. The van der Waals surface area contributed by atoms with Crippen molar-refractivity contribution in [1.82, 2.24) is 9.55 Å². The van der Waals surface area contributed by atoms with E-state index in [0.29, 0.717) is 5.52 Å². The maximum Gasteiger partial charge on any atom is 0.263 e. The predicted octanol–water partition coefficient (Wildman–Crippen LogP) is 1.74. The molecule has 0 spiro atoms. The fourth-order valence-electron chi connectivity index (χ4n) is 2.16. The van der Waals surface area contributed by atoms with Gasteiger partial charge in [-0.15, -0.1) is 0 Å². The summed E-state index contributed by atoms with van der Waals surface area (Å²) in [6.07, 6.45) is 2.16. The molecule has 1 saturated carbocycles. The van der Waals surface area contributed by atoms with Crippen LogP contribution in [0.3, 0.4) is 0 Å². The number of aliphatic hydroxyl groups excluding tert-OH is 1. The zero-order valence-electron chi connectivity index (χ0n) is 9.31. The van der Waals surface area contributed by atoms with Crippen molar-refractivity contribution >= 4 is 22.5 Å². The highest BCUT2D eigenvalue weighted by molar-refractivity contribution is 6.35. The molecule has 0 bridgehead atoms. The van der Waals surface area contributed by atoms with Gasteiger partial charge >= 0.3 is 0 Å². The predicted molar refractivity (Wildman–Crippen MR) is 65.2 cm³/mol. The molecular formula is C12H10ClFN2O2. The van der Waals surface area contributed by atoms with E-state index in [9.17, 15) is 9.18 Å². The van der Waals surface area contributed by atoms with Gasteiger partial charge in [-0.1, -0.05) is 11.6 Å². The molecule has 1 aliphatic rings. The van der Waals surface area contributed by atoms with E-state index in [0.717, 1.165) is 6.42 Å². The van der Waals surface area contributed by atoms with Crippen LogP contribution < -0.4 is 5.56 Å². The van der Waals surface area contributed by atoms with Gasteiger partial charge < -0.3 is 5.11 Å². The van der Waals surface area contributed by atoms with Crippen LogP contribution in [-0.2, 0) is 0 Å². The molecule has 6 heteroatoms. The van der Waals surface area contributed by atoms with E-state index in [1.165, 1.54) is 23.0 Å². The Morgan fingerprint density at radius 3 is 3.00 bits per heavy atom. The Hall–Kier alpha value is -1.46. The lowest BCUT2D eigenvalue weighted by Crippen LogP contribution is -2.21. The Morgan fingerprint density at radius 2 is 2.33 bits per heavy atom. The van der Waals surface area contributed by atoms with Crippen molar-refractivity contribution in [3.05, 3.63) is 39.7 Å². The van der Waals surface area contributed by atoms with Gasteiger partial charge in [0.25, 0.3) is 5.56 Å². The molecular weight excluding hydrogens is 259 g/mol. The zero-order valence-corrected chi connectivity index (χ0v) is 10.1. The van der Waals surface area contributed by atoms with Gasteiger partial charge in [0.15, 0.2) is 0 Å². The van der Waals surface area contributed by atoms with Gasteiger partial charge in [0.05, 0.1) is 22.3 Å². The summed E-state index contributed by atoms with van der Waals surface area (Å²) in [5.74, 6) is -0.551. The van der Waals surface area contributed by atoms with Gasteiger partial charge in [-0.25, -0.2) is 9.37 Å². The number of aromatic nitrogens is 2. The second-order valence-electron chi connectivity index (χ2n) is 4.46. The fraction of sp³-hybridized carbons (Fsp3) is 0.333. The molecule has 2 aromatic rings. The van der Waals surface area contributed by atoms with Crippen molar-refractivity contribution in [3.8, 4) is 0 Å². The molecule has 0 radical (unpaired) electrons. The van der Waals surface area contributed by atoms with Crippen LogP contribution in [-0.4, -0.2) is 21.3 Å². The van der Waals surface area contributed by atoms with Crippen LogP contribution in [0.1, 0.15) is 12.5 Å². The summed E-state index contributed by atoms with van der Waals surface area (Å²) in [7, 11) is 0. The quantitative estimate of drug-likeness (QED) is 0.903. The first-order valence-corrected chi connectivity index (χ1v) is 5.97. The van der Waals surface area contributed by atoms with Crippen LogP contribution in [0.15, 0.2) is 23.3 Å². The number of nitrogens with zero attached hydrogens (tertiary/aromatic N) is 2. The Morgan fingerprint density at radius 1 is 1.56 bits per heavy atom. The summed E-state index contributed by atoms with van der Waals surface area (Å²) >= 11 is 5.82. The minimum atomic E-state index is -0.629. The molecule has 94 valence electrons. The van der Waals surface area contributed by atoms with Crippen LogP contribution in [0.5, 0.6) is 0 Å². The van der Waals surface area contributed by atoms with E-state index in [4.69, 9.17) is 16.7 Å². The molecule has 0 aliphatic heterocycles. The van der Waals surface area contributed by atoms with Gasteiger partial charge in [-0.3, -0.25) is 9.36 Å². The van der Waals surface area contributed by atoms with E-state index in [2.05, 4.69) is 4.98 Å². The minimum absolute atomic E-state index is 0.0338. The lowest BCUT2D eigenvalue weighted by Gasteiger charge is -2.06. The van der Waals surface area contributed by atoms with Crippen LogP contribution in [0.2, 0.25) is 5.02 Å². The molecule has 1 aliphatic carbocycles. The van der Waals surface area contributed by atoms with Crippen LogP contribution in [0.25, 0.3) is 10.9 Å². The van der Waals surface area contributed by atoms with Gasteiger partial charge in [0.2, 0.25) is 0 Å². The van der Waals surface area contributed by atoms with Crippen molar-refractivity contribution in [3.63, 3.8) is 0 Å². The summed E-state index contributed by atoms with van der Waals surface area (Å²) in [5, 5.41) is 8.92. The van der Waals surface area contributed by atoms with Crippen molar-refractivity contribution in [1.29, 1.82) is 0 Å². The summed E-state index contributed by atoms with van der Waals surface area (Å²) < 4.78 is 14.8. The van der Waals surface area contributed by atoms with Gasteiger partial charge in [-0.05, 0) is 18.6 Å². The average molecular weight is 269 g/mol. The molecule has 3 rings (SSSR count). The number of aliphatic hydroxyl groups is 1. The smallest absolute Gasteiger partial charge is 0.263 e. The first kappa shape index (κ1) is 11.6. The summed E-state index contributed by atoms with van der Waals surface area (Å²) in [4.78, 5) is 16.3. The van der Waals surface area contributed by atoms with E-state index in [1.807, 2.05) is 0 Å². The number of hydrogen-bond acceptors (Lipinski definition) is 3. The Balaban J connectivity index is 2.23. The van der Waals surface area contributed by atoms with Crippen LogP contribution >= 0.6 is 11.6 Å². The van der Waals surface area contributed by atoms with Gasteiger partial charge in [-0.2, -0.15) is 0 Å². The van der Waals surface area contributed by atoms with Crippen molar-refractivity contribution in [2.75, 3.05) is 6.61 Å². The van der Waals surface area contributed by atoms with Crippen molar-refractivity contribution in [2.24, 2.45) is 5.92 Å². The highest BCUT2D eigenvalue weighted by Crippen LogP contribution is 2.41. The number of benzene rings is 1. The average Bonchev–Trinajstić information content (AvgIpc) is 3.13. The largest absolute Gasteiger partial charge is 0.396 e. The first-order valence-electron chi connectivity index (χ1n) is 5.59. The third-order valence-corrected chi connectivity index (χ3v) is 3.69. The fourth-order valence-corrected chi connectivity index (χ4v) is 2.40. The highest BCUT2D eigenvalue weighted by atomic mass is 35.5. The molecule has 4 nitrogen and oxygen atoms in total. The molecule has 2 unspecified atom stereocenters. The lowest BCUT2D eigenvalue weighted by atomic mass is 10.2. The van der Waals surface area contributed by atoms with Crippen molar-refractivity contribution < 1.29 is 9.50 Å². The number of fused-ring (bicyclic) bond motifs is 1. The van der Waals surface area contributed by atoms with Gasteiger partial charge in [0, 0.05) is 18.6 Å². The third kappa shape index (κ3) is 1.62. The Labute approximate surface area is 107 Å². The van der Waals surface area contributed by atoms with Gasteiger partial charge in [0.1, 0.15) is 5.82 Å². The molecule has 1 aromatic carbocycles. The highest BCUT2D eigenvalue weighted by Gasteiger charge is 2.39. The van der Waals surface area contributed by atoms with Crippen LogP contribution in [0, 0.1) is 11.7 Å². The lowest BCUT2D eigenvalue weighted by molar-refractivity contribution is 0.268.